The highest BCUT2D eigenvalue weighted by Gasteiger charge is 2.51. The lowest BCUT2D eigenvalue weighted by Crippen LogP contribution is -2.51. The summed E-state index contributed by atoms with van der Waals surface area (Å²) in [4.78, 5) is 19.1. The van der Waals surface area contributed by atoms with Crippen LogP contribution >= 0.6 is 0 Å². The van der Waals surface area contributed by atoms with Crippen LogP contribution in [0.3, 0.4) is 0 Å². The van der Waals surface area contributed by atoms with Crippen LogP contribution in [0.15, 0.2) is 0 Å². The highest BCUT2D eigenvalue weighted by molar-refractivity contribution is 5.79. The molecule has 5 nitrogen and oxygen atoms in total. The molecule has 4 saturated carbocycles. The second-order valence-corrected chi connectivity index (χ2v) is 7.49. The Morgan fingerprint density at radius 1 is 1.19 bits per heavy atom. The lowest BCUT2D eigenvalue weighted by atomic mass is 9.51. The summed E-state index contributed by atoms with van der Waals surface area (Å²) in [6.45, 7) is 2.40. The number of amides is 1. The highest BCUT2D eigenvalue weighted by Crippen LogP contribution is 2.56. The molecule has 0 unspecified atom stereocenters. The van der Waals surface area contributed by atoms with Gasteiger partial charge in [0.1, 0.15) is 5.82 Å². The van der Waals surface area contributed by atoms with Crippen LogP contribution < -0.4 is 0 Å². The van der Waals surface area contributed by atoms with Crippen molar-refractivity contribution in [3.8, 4) is 0 Å². The maximum absolute atomic E-state index is 12.9. The van der Waals surface area contributed by atoms with Crippen LogP contribution in [0.5, 0.6) is 0 Å². The minimum Gasteiger partial charge on any atom is -0.338 e. The lowest BCUT2D eigenvalue weighted by Gasteiger charge is -2.54. The normalized spacial score (nSPS) is 37.0. The summed E-state index contributed by atoms with van der Waals surface area (Å²) in [7, 11) is 1.90. The SMILES string of the molecule is Cc1nc(CN(C)C(=O)C2C3CC4CC(C3)CC2C4)n[nH]1. The predicted molar refractivity (Wildman–Crippen MR) is 78.1 cm³/mol. The van der Waals surface area contributed by atoms with E-state index in [1.807, 2.05) is 18.9 Å². The third-order valence-corrected chi connectivity index (χ3v) is 5.91. The number of hydrogen-bond acceptors (Lipinski definition) is 3. The van der Waals surface area contributed by atoms with Gasteiger partial charge < -0.3 is 4.90 Å². The molecule has 1 N–H and O–H groups in total. The molecule has 4 aliphatic carbocycles. The molecule has 1 amide bonds. The van der Waals surface area contributed by atoms with E-state index in [1.54, 1.807) is 0 Å². The summed E-state index contributed by atoms with van der Waals surface area (Å²) in [5.74, 6) is 5.23. The van der Waals surface area contributed by atoms with Crippen molar-refractivity contribution in [1.82, 2.24) is 20.1 Å². The van der Waals surface area contributed by atoms with Crippen LogP contribution in [-0.2, 0) is 11.3 Å². The molecule has 1 heterocycles. The van der Waals surface area contributed by atoms with Crippen LogP contribution in [0, 0.1) is 36.5 Å². The average molecular weight is 288 g/mol. The Morgan fingerprint density at radius 3 is 2.33 bits per heavy atom. The van der Waals surface area contributed by atoms with Gasteiger partial charge in [-0.15, -0.1) is 0 Å². The quantitative estimate of drug-likeness (QED) is 0.927. The summed E-state index contributed by atoms with van der Waals surface area (Å²) >= 11 is 0. The molecule has 114 valence electrons. The molecule has 4 fully saturated rings. The molecule has 0 aliphatic heterocycles. The average Bonchev–Trinajstić information content (AvgIpc) is 2.82. The van der Waals surface area contributed by atoms with Gasteiger partial charge in [-0.25, -0.2) is 4.98 Å². The van der Waals surface area contributed by atoms with E-state index in [9.17, 15) is 4.79 Å². The van der Waals surface area contributed by atoms with Gasteiger partial charge in [-0.3, -0.25) is 9.89 Å². The zero-order chi connectivity index (χ0) is 14.6. The van der Waals surface area contributed by atoms with Crippen molar-refractivity contribution in [3.05, 3.63) is 11.6 Å². The van der Waals surface area contributed by atoms with Crippen molar-refractivity contribution in [3.63, 3.8) is 0 Å². The molecular formula is C16H24N4O. The van der Waals surface area contributed by atoms with Crippen molar-refractivity contribution in [2.75, 3.05) is 7.05 Å². The van der Waals surface area contributed by atoms with Crippen molar-refractivity contribution < 1.29 is 4.79 Å². The Balaban J connectivity index is 1.47. The first-order chi connectivity index (χ1) is 10.1. The summed E-state index contributed by atoms with van der Waals surface area (Å²) in [6.07, 6.45) is 6.59. The fourth-order valence-electron chi connectivity index (χ4n) is 5.33. The minimum absolute atomic E-state index is 0.267. The molecule has 1 aromatic heterocycles. The first-order valence-corrected chi connectivity index (χ1v) is 8.23. The molecule has 5 heteroatoms. The first-order valence-electron chi connectivity index (χ1n) is 8.23. The van der Waals surface area contributed by atoms with Crippen LogP contribution in [-0.4, -0.2) is 33.0 Å². The van der Waals surface area contributed by atoms with Gasteiger partial charge in [0.2, 0.25) is 5.91 Å². The topological polar surface area (TPSA) is 61.9 Å². The second-order valence-electron chi connectivity index (χ2n) is 7.49. The standard InChI is InChI=1S/C16H24N4O/c1-9-17-14(19-18-9)8-20(2)16(21)15-12-4-10-3-11(6-12)7-13(15)5-10/h10-13,15H,3-8H2,1-2H3,(H,17,18,19). The number of carbonyl (C=O) groups is 1. The van der Waals surface area contributed by atoms with Gasteiger partial charge in [0.15, 0.2) is 5.82 Å². The molecule has 0 spiro atoms. The van der Waals surface area contributed by atoms with E-state index < -0.39 is 0 Å². The summed E-state index contributed by atoms with van der Waals surface area (Å²) < 4.78 is 0. The molecule has 0 saturated heterocycles. The summed E-state index contributed by atoms with van der Waals surface area (Å²) in [5, 5.41) is 6.99. The number of aromatic amines is 1. The van der Waals surface area contributed by atoms with E-state index >= 15 is 0 Å². The largest absolute Gasteiger partial charge is 0.338 e. The van der Waals surface area contributed by atoms with E-state index in [1.165, 1.54) is 32.1 Å². The smallest absolute Gasteiger partial charge is 0.226 e. The zero-order valence-corrected chi connectivity index (χ0v) is 12.9. The highest BCUT2D eigenvalue weighted by atomic mass is 16.2. The van der Waals surface area contributed by atoms with Crippen molar-refractivity contribution in [1.29, 1.82) is 0 Å². The minimum atomic E-state index is 0.267. The lowest BCUT2D eigenvalue weighted by molar-refractivity contribution is -0.148. The molecule has 4 aliphatic rings. The van der Waals surface area contributed by atoms with Gasteiger partial charge in [-0.05, 0) is 62.7 Å². The maximum atomic E-state index is 12.9. The third-order valence-electron chi connectivity index (χ3n) is 5.91. The summed E-state index contributed by atoms with van der Waals surface area (Å²) in [5.41, 5.74) is 0. The predicted octanol–water partition coefficient (Wildman–Crippen LogP) is 2.14. The number of hydrogen-bond donors (Lipinski definition) is 1. The Labute approximate surface area is 125 Å². The third kappa shape index (κ3) is 2.27. The Bertz CT molecular complexity index is 524. The molecule has 5 rings (SSSR count). The maximum Gasteiger partial charge on any atom is 0.226 e. The van der Waals surface area contributed by atoms with E-state index in [-0.39, 0.29) is 5.92 Å². The number of aryl methyl sites for hydroxylation is 1. The number of nitrogens with zero attached hydrogens (tertiary/aromatic N) is 3. The zero-order valence-electron chi connectivity index (χ0n) is 12.9. The number of rotatable bonds is 3. The van der Waals surface area contributed by atoms with Gasteiger partial charge in [0.05, 0.1) is 6.54 Å². The van der Waals surface area contributed by atoms with E-state index in [0.717, 1.165) is 17.7 Å². The Kier molecular flexibility index (Phi) is 3.05. The van der Waals surface area contributed by atoms with Gasteiger partial charge in [-0.2, -0.15) is 5.10 Å². The number of aromatic nitrogens is 3. The number of carbonyl (C=O) groups excluding carboxylic acids is 1. The summed E-state index contributed by atoms with van der Waals surface area (Å²) in [6, 6.07) is 0. The molecule has 4 bridgehead atoms. The van der Waals surface area contributed by atoms with E-state index in [2.05, 4.69) is 15.2 Å². The number of nitrogens with one attached hydrogen (secondary N) is 1. The van der Waals surface area contributed by atoms with Crippen LogP contribution in [0.25, 0.3) is 0 Å². The molecule has 1 aromatic rings. The molecule has 21 heavy (non-hydrogen) atoms. The Hall–Kier alpha value is -1.39. The molecular weight excluding hydrogens is 264 g/mol. The Morgan fingerprint density at radius 2 is 1.81 bits per heavy atom. The van der Waals surface area contributed by atoms with Gasteiger partial charge >= 0.3 is 0 Å². The molecule has 0 radical (unpaired) electrons. The van der Waals surface area contributed by atoms with Crippen LogP contribution in [0.4, 0.5) is 0 Å². The van der Waals surface area contributed by atoms with Gasteiger partial charge in [-0.1, -0.05) is 0 Å². The molecule has 0 aromatic carbocycles. The number of H-pyrrole nitrogens is 1. The van der Waals surface area contributed by atoms with Crippen LogP contribution in [0.1, 0.15) is 43.8 Å². The van der Waals surface area contributed by atoms with Crippen molar-refractivity contribution in [2.45, 2.75) is 45.6 Å². The monoisotopic (exact) mass is 288 g/mol. The van der Waals surface area contributed by atoms with Crippen molar-refractivity contribution >= 4 is 5.91 Å². The van der Waals surface area contributed by atoms with Gasteiger partial charge in [0, 0.05) is 13.0 Å². The second kappa shape index (κ2) is 4.82. The molecule has 0 atom stereocenters. The van der Waals surface area contributed by atoms with Crippen molar-refractivity contribution in [2.24, 2.45) is 29.6 Å². The van der Waals surface area contributed by atoms with Crippen LogP contribution in [0.2, 0.25) is 0 Å². The van der Waals surface area contributed by atoms with Gasteiger partial charge in [0.25, 0.3) is 0 Å². The first kappa shape index (κ1) is 13.3. The van der Waals surface area contributed by atoms with E-state index in [0.29, 0.717) is 30.1 Å². The fraction of sp³-hybridized carbons (Fsp3) is 0.812. The fourth-order valence-corrected chi connectivity index (χ4v) is 5.33. The van der Waals surface area contributed by atoms with E-state index in [4.69, 9.17) is 0 Å².